The van der Waals surface area contributed by atoms with Crippen molar-refractivity contribution < 1.29 is 9.53 Å². The molecular weight excluding hydrogens is 414 g/mol. The molecule has 0 spiro atoms. The number of carbonyl (C=O) groups is 1. The quantitative estimate of drug-likeness (QED) is 0.344. The number of aromatic nitrogens is 1. The van der Waals surface area contributed by atoms with Crippen molar-refractivity contribution in [1.82, 2.24) is 14.8 Å². The molecule has 6 heteroatoms. The third kappa shape index (κ3) is 4.82. The first-order chi connectivity index (χ1) is 15.9. The summed E-state index contributed by atoms with van der Waals surface area (Å²) in [4.78, 5) is 32.3. The molecule has 6 nitrogen and oxygen atoms in total. The van der Waals surface area contributed by atoms with Crippen molar-refractivity contribution in [3.8, 4) is 11.1 Å². The number of aromatic amines is 1. The van der Waals surface area contributed by atoms with Crippen molar-refractivity contribution in [3.05, 3.63) is 82.3 Å². The zero-order valence-corrected chi connectivity index (χ0v) is 19.5. The number of fused-ring (bicyclic) bond motifs is 3. The predicted octanol–water partition coefficient (Wildman–Crippen LogP) is 4.13. The average Bonchev–Trinajstić information content (AvgIpc) is 2.82. The van der Waals surface area contributed by atoms with Gasteiger partial charge in [-0.15, -0.1) is 0 Å². The van der Waals surface area contributed by atoms with E-state index in [4.69, 9.17) is 4.74 Å². The number of methoxy groups -OCH3 is 1. The maximum atomic E-state index is 12.7. The van der Waals surface area contributed by atoms with Crippen LogP contribution in [0.1, 0.15) is 15.9 Å². The van der Waals surface area contributed by atoms with E-state index in [2.05, 4.69) is 60.2 Å². The lowest BCUT2D eigenvalue weighted by molar-refractivity contribution is 0.0603. The Bertz CT molecular complexity index is 1360. The van der Waals surface area contributed by atoms with Crippen LogP contribution in [0.5, 0.6) is 0 Å². The highest BCUT2D eigenvalue weighted by molar-refractivity contribution is 6.16. The van der Waals surface area contributed by atoms with Crippen LogP contribution in [0.25, 0.3) is 32.7 Å². The number of pyridine rings is 1. The van der Waals surface area contributed by atoms with E-state index in [0.717, 1.165) is 36.1 Å². The average molecular weight is 444 g/mol. The van der Waals surface area contributed by atoms with Gasteiger partial charge in [-0.1, -0.05) is 36.4 Å². The van der Waals surface area contributed by atoms with Gasteiger partial charge in [-0.3, -0.25) is 4.79 Å². The minimum Gasteiger partial charge on any atom is -0.465 e. The second-order valence-electron chi connectivity index (χ2n) is 8.69. The molecule has 0 saturated heterocycles. The zero-order chi connectivity index (χ0) is 23.5. The highest BCUT2D eigenvalue weighted by atomic mass is 16.5. The predicted molar refractivity (Wildman–Crippen MR) is 134 cm³/mol. The van der Waals surface area contributed by atoms with Gasteiger partial charge in [0.25, 0.3) is 5.56 Å². The monoisotopic (exact) mass is 443 g/mol. The van der Waals surface area contributed by atoms with Crippen LogP contribution in [-0.2, 0) is 11.3 Å². The Morgan fingerprint density at radius 1 is 0.909 bits per heavy atom. The lowest BCUT2D eigenvalue weighted by Crippen LogP contribution is -2.28. The van der Waals surface area contributed by atoms with Crippen LogP contribution >= 0.6 is 0 Å². The number of likely N-dealkylation sites (N-methyl/N-ethyl adjacent to an activating group) is 2. The second kappa shape index (κ2) is 9.57. The number of ether oxygens (including phenoxy) is 1. The van der Waals surface area contributed by atoms with Crippen molar-refractivity contribution >= 4 is 27.5 Å². The van der Waals surface area contributed by atoms with E-state index >= 15 is 0 Å². The SMILES string of the molecule is COC(=O)c1cc2cc[nH]c(=O)c2c2cc(-c3ccc(CN(C)CCN(C)C)cc3)ccc12. The number of benzene rings is 3. The molecule has 0 atom stereocenters. The summed E-state index contributed by atoms with van der Waals surface area (Å²) in [6.07, 6.45) is 1.59. The normalized spacial score (nSPS) is 11.6. The van der Waals surface area contributed by atoms with E-state index in [1.54, 1.807) is 18.3 Å². The summed E-state index contributed by atoms with van der Waals surface area (Å²) in [6, 6.07) is 17.9. The third-order valence-corrected chi connectivity index (χ3v) is 5.95. The van der Waals surface area contributed by atoms with Gasteiger partial charge in [-0.05, 0) is 72.2 Å². The van der Waals surface area contributed by atoms with Crippen molar-refractivity contribution in [2.75, 3.05) is 41.3 Å². The molecule has 0 unspecified atom stereocenters. The molecular formula is C27H29N3O3. The first-order valence-electron chi connectivity index (χ1n) is 11.0. The van der Waals surface area contributed by atoms with E-state index in [9.17, 15) is 9.59 Å². The minimum absolute atomic E-state index is 0.179. The zero-order valence-electron chi connectivity index (χ0n) is 19.5. The van der Waals surface area contributed by atoms with E-state index < -0.39 is 5.97 Å². The summed E-state index contributed by atoms with van der Waals surface area (Å²) in [5.74, 6) is -0.419. The van der Waals surface area contributed by atoms with Crippen LogP contribution in [0.15, 0.2) is 65.6 Å². The summed E-state index contributed by atoms with van der Waals surface area (Å²) in [5, 5.41) is 2.72. The molecule has 0 aliphatic heterocycles. The van der Waals surface area contributed by atoms with E-state index in [-0.39, 0.29) is 5.56 Å². The van der Waals surface area contributed by atoms with Crippen molar-refractivity contribution in [2.24, 2.45) is 0 Å². The number of nitrogens with one attached hydrogen (secondary N) is 1. The van der Waals surface area contributed by atoms with Crippen LogP contribution < -0.4 is 5.56 Å². The molecule has 0 aliphatic carbocycles. The summed E-state index contributed by atoms with van der Waals surface area (Å²) in [6.45, 7) is 2.91. The van der Waals surface area contributed by atoms with E-state index in [1.807, 2.05) is 18.2 Å². The highest BCUT2D eigenvalue weighted by Gasteiger charge is 2.16. The van der Waals surface area contributed by atoms with Crippen LogP contribution in [-0.4, -0.2) is 62.1 Å². The number of esters is 1. The fourth-order valence-corrected chi connectivity index (χ4v) is 4.13. The Balaban J connectivity index is 1.73. The van der Waals surface area contributed by atoms with Crippen molar-refractivity contribution in [1.29, 1.82) is 0 Å². The standard InChI is InChI=1S/C27H29N3O3/c1-29(2)13-14-30(3)17-18-5-7-19(8-6-18)20-9-10-22-23(15-20)25-21(11-12-28-26(25)31)16-24(22)27(32)33-4/h5-12,15-16H,13-14,17H2,1-4H3,(H,28,31). The maximum Gasteiger partial charge on any atom is 0.338 e. The molecule has 170 valence electrons. The maximum absolute atomic E-state index is 12.7. The highest BCUT2D eigenvalue weighted by Crippen LogP contribution is 2.31. The van der Waals surface area contributed by atoms with Crippen LogP contribution in [0.4, 0.5) is 0 Å². The molecule has 3 aromatic carbocycles. The van der Waals surface area contributed by atoms with Gasteiger partial charge in [0.15, 0.2) is 0 Å². The topological polar surface area (TPSA) is 65.6 Å². The van der Waals surface area contributed by atoms with E-state index in [0.29, 0.717) is 21.7 Å². The second-order valence-corrected chi connectivity index (χ2v) is 8.69. The lowest BCUT2D eigenvalue weighted by atomic mass is 9.94. The Kier molecular flexibility index (Phi) is 6.58. The minimum atomic E-state index is -0.419. The van der Waals surface area contributed by atoms with Gasteiger partial charge in [0.2, 0.25) is 0 Å². The van der Waals surface area contributed by atoms with E-state index in [1.165, 1.54) is 12.7 Å². The first-order valence-corrected chi connectivity index (χ1v) is 11.0. The molecule has 1 aromatic heterocycles. The summed E-state index contributed by atoms with van der Waals surface area (Å²) < 4.78 is 4.98. The van der Waals surface area contributed by atoms with Gasteiger partial charge in [0.1, 0.15) is 0 Å². The number of nitrogens with zero attached hydrogens (tertiary/aromatic N) is 2. The first kappa shape index (κ1) is 22.7. The molecule has 0 saturated carbocycles. The van der Waals surface area contributed by atoms with Crippen molar-refractivity contribution in [3.63, 3.8) is 0 Å². The van der Waals surface area contributed by atoms with Crippen LogP contribution in [0, 0.1) is 0 Å². The molecule has 0 bridgehead atoms. The molecule has 33 heavy (non-hydrogen) atoms. The van der Waals surface area contributed by atoms with Gasteiger partial charge in [-0.2, -0.15) is 0 Å². The van der Waals surface area contributed by atoms with Gasteiger partial charge < -0.3 is 19.5 Å². The number of carbonyl (C=O) groups excluding carboxylic acids is 1. The summed E-state index contributed by atoms with van der Waals surface area (Å²) in [5.41, 5.74) is 3.56. The number of hydrogen-bond donors (Lipinski definition) is 1. The smallest absolute Gasteiger partial charge is 0.338 e. The number of hydrogen-bond acceptors (Lipinski definition) is 5. The molecule has 0 amide bonds. The Morgan fingerprint density at radius 2 is 1.64 bits per heavy atom. The summed E-state index contributed by atoms with van der Waals surface area (Å²) >= 11 is 0. The fourth-order valence-electron chi connectivity index (χ4n) is 4.13. The van der Waals surface area contributed by atoms with Crippen molar-refractivity contribution in [2.45, 2.75) is 6.54 Å². The van der Waals surface area contributed by atoms with Gasteiger partial charge in [-0.25, -0.2) is 4.79 Å². The third-order valence-electron chi connectivity index (χ3n) is 5.95. The molecule has 4 rings (SSSR count). The van der Waals surface area contributed by atoms with Gasteiger partial charge in [0.05, 0.1) is 18.1 Å². The fraction of sp³-hybridized carbons (Fsp3) is 0.259. The number of H-pyrrole nitrogens is 1. The van der Waals surface area contributed by atoms with Gasteiger partial charge in [0, 0.05) is 25.8 Å². The molecule has 0 fully saturated rings. The number of rotatable bonds is 7. The molecule has 4 aromatic rings. The summed E-state index contributed by atoms with van der Waals surface area (Å²) in [7, 11) is 7.65. The Hall–Kier alpha value is -3.48. The molecule has 0 aliphatic rings. The Labute approximate surface area is 193 Å². The lowest BCUT2D eigenvalue weighted by Gasteiger charge is -2.19. The van der Waals surface area contributed by atoms with Gasteiger partial charge >= 0.3 is 5.97 Å². The molecule has 0 radical (unpaired) electrons. The molecule has 1 heterocycles. The largest absolute Gasteiger partial charge is 0.465 e. The molecule has 1 N–H and O–H groups in total. The van der Waals surface area contributed by atoms with Crippen LogP contribution in [0.3, 0.4) is 0 Å². The van der Waals surface area contributed by atoms with Crippen LogP contribution in [0.2, 0.25) is 0 Å². The Morgan fingerprint density at radius 3 is 2.33 bits per heavy atom.